The summed E-state index contributed by atoms with van der Waals surface area (Å²) in [6, 6.07) is -0.857. The van der Waals surface area contributed by atoms with E-state index in [0.29, 0.717) is 17.4 Å². The van der Waals surface area contributed by atoms with Crippen molar-refractivity contribution in [3.8, 4) is 0 Å². The van der Waals surface area contributed by atoms with Crippen LogP contribution in [0, 0.1) is 0 Å². The number of nitrogens with one attached hydrogen (secondary N) is 1. The molecule has 0 fully saturated rings. The van der Waals surface area contributed by atoms with E-state index in [1.54, 1.807) is 6.08 Å². The quantitative estimate of drug-likeness (QED) is 0.0252. The van der Waals surface area contributed by atoms with Crippen LogP contribution in [0.4, 0.5) is 0 Å². The van der Waals surface area contributed by atoms with Gasteiger partial charge in [0.15, 0.2) is 0 Å². The fraction of sp³-hybridized carbons (Fsp3) is 0.596. The molecule has 0 radical (unpaired) electrons. The molecule has 0 aromatic carbocycles. The highest BCUT2D eigenvalue weighted by Gasteiger charge is 2.27. The third-order valence-electron chi connectivity index (χ3n) is 8.48. The molecule has 9 heteroatoms. The van der Waals surface area contributed by atoms with E-state index in [1.807, 2.05) is 34.1 Å². The molecular formula is C47H80N2O6P+. The van der Waals surface area contributed by atoms with Gasteiger partial charge in [-0.15, -0.1) is 0 Å². The Morgan fingerprint density at radius 1 is 0.625 bits per heavy atom. The molecule has 0 aliphatic heterocycles. The lowest BCUT2D eigenvalue weighted by molar-refractivity contribution is -0.870. The van der Waals surface area contributed by atoms with Gasteiger partial charge in [0.25, 0.3) is 0 Å². The number of quaternary nitrogens is 1. The lowest BCUT2D eigenvalue weighted by atomic mass is 10.1. The number of hydrogen-bond donors (Lipinski definition) is 3. The highest BCUT2D eigenvalue weighted by molar-refractivity contribution is 7.47. The summed E-state index contributed by atoms with van der Waals surface area (Å²) in [5, 5.41) is 13.4. The monoisotopic (exact) mass is 800 g/mol. The largest absolute Gasteiger partial charge is 0.472 e. The van der Waals surface area contributed by atoms with Crippen LogP contribution in [-0.4, -0.2) is 73.4 Å². The molecule has 0 heterocycles. The number of rotatable bonds is 36. The molecule has 56 heavy (non-hydrogen) atoms. The first-order valence-electron chi connectivity index (χ1n) is 21.3. The van der Waals surface area contributed by atoms with E-state index in [9.17, 15) is 19.4 Å². The maximum Gasteiger partial charge on any atom is 0.472 e. The van der Waals surface area contributed by atoms with Crippen molar-refractivity contribution in [2.75, 3.05) is 40.9 Å². The molecule has 3 unspecified atom stereocenters. The summed E-state index contributed by atoms with van der Waals surface area (Å²) >= 11 is 0. The van der Waals surface area contributed by atoms with E-state index < -0.39 is 20.0 Å². The normalized spacial score (nSPS) is 15.5. The van der Waals surface area contributed by atoms with Gasteiger partial charge in [0.2, 0.25) is 5.91 Å². The summed E-state index contributed by atoms with van der Waals surface area (Å²) in [5.74, 6) is -0.211. The second kappa shape index (κ2) is 37.7. The zero-order valence-corrected chi connectivity index (χ0v) is 36.7. The van der Waals surface area contributed by atoms with Gasteiger partial charge in [-0.1, -0.05) is 155 Å². The van der Waals surface area contributed by atoms with E-state index in [-0.39, 0.29) is 19.1 Å². The number of nitrogens with zero attached hydrogens (tertiary/aromatic N) is 1. The minimum Gasteiger partial charge on any atom is -0.387 e. The summed E-state index contributed by atoms with van der Waals surface area (Å²) in [4.78, 5) is 22.8. The van der Waals surface area contributed by atoms with Gasteiger partial charge in [-0.3, -0.25) is 13.8 Å². The summed E-state index contributed by atoms with van der Waals surface area (Å²) in [5.41, 5.74) is 0. The second-order valence-electron chi connectivity index (χ2n) is 15.0. The lowest BCUT2D eigenvalue weighted by Gasteiger charge is -2.25. The van der Waals surface area contributed by atoms with E-state index in [1.165, 1.54) is 6.42 Å². The maximum atomic E-state index is 12.7. The molecule has 0 saturated heterocycles. The second-order valence-corrected chi connectivity index (χ2v) is 16.4. The molecule has 0 bridgehead atoms. The van der Waals surface area contributed by atoms with Crippen molar-refractivity contribution in [2.24, 2.45) is 0 Å². The van der Waals surface area contributed by atoms with E-state index in [0.717, 1.165) is 103 Å². The van der Waals surface area contributed by atoms with Crippen molar-refractivity contribution in [1.29, 1.82) is 0 Å². The third-order valence-corrected chi connectivity index (χ3v) is 9.46. The van der Waals surface area contributed by atoms with Crippen LogP contribution in [0.15, 0.2) is 109 Å². The van der Waals surface area contributed by atoms with Gasteiger partial charge in [-0.2, -0.15) is 0 Å². The third kappa shape index (κ3) is 39.4. The number of allylic oxidation sites excluding steroid dienone is 17. The first-order chi connectivity index (χ1) is 27.0. The Morgan fingerprint density at radius 3 is 1.54 bits per heavy atom. The zero-order chi connectivity index (χ0) is 41.4. The van der Waals surface area contributed by atoms with Crippen molar-refractivity contribution < 1.29 is 32.9 Å². The predicted octanol–water partition coefficient (Wildman–Crippen LogP) is 11.7. The van der Waals surface area contributed by atoms with Crippen molar-refractivity contribution >= 4 is 13.7 Å². The Labute approximate surface area is 342 Å². The van der Waals surface area contributed by atoms with Crippen molar-refractivity contribution in [1.82, 2.24) is 5.32 Å². The number of phosphoric acid groups is 1. The van der Waals surface area contributed by atoms with Crippen molar-refractivity contribution in [3.05, 3.63) is 109 Å². The van der Waals surface area contributed by atoms with Crippen LogP contribution in [0.5, 0.6) is 0 Å². The van der Waals surface area contributed by atoms with E-state index in [2.05, 4.69) is 109 Å². The average molecular weight is 800 g/mol. The molecule has 318 valence electrons. The van der Waals surface area contributed by atoms with Gasteiger partial charge >= 0.3 is 7.82 Å². The number of carbonyl (C=O) groups excluding carboxylic acids is 1. The molecule has 1 amide bonds. The number of aliphatic hydroxyl groups is 1. The maximum absolute atomic E-state index is 12.7. The number of phosphoric ester groups is 1. The minimum atomic E-state index is -4.32. The first kappa shape index (κ1) is 53.2. The molecule has 8 nitrogen and oxygen atoms in total. The Kier molecular flexibility index (Phi) is 35.8. The fourth-order valence-electron chi connectivity index (χ4n) is 5.12. The van der Waals surface area contributed by atoms with Crippen LogP contribution in [0.2, 0.25) is 0 Å². The highest BCUT2D eigenvalue weighted by atomic mass is 31.2. The van der Waals surface area contributed by atoms with Crippen LogP contribution in [0.3, 0.4) is 0 Å². The summed E-state index contributed by atoms with van der Waals surface area (Å²) in [6.45, 7) is 4.43. The van der Waals surface area contributed by atoms with Crippen LogP contribution < -0.4 is 5.32 Å². The molecule has 0 aliphatic carbocycles. The molecule has 0 aromatic heterocycles. The summed E-state index contributed by atoms with van der Waals surface area (Å²) in [7, 11) is 1.53. The fourth-order valence-corrected chi connectivity index (χ4v) is 5.86. The van der Waals surface area contributed by atoms with E-state index in [4.69, 9.17) is 9.05 Å². The molecular weight excluding hydrogens is 719 g/mol. The van der Waals surface area contributed by atoms with Gasteiger partial charge < -0.3 is 19.8 Å². The Morgan fingerprint density at radius 2 is 1.07 bits per heavy atom. The SMILES string of the molecule is CC/C=C\C/C=C\C/C=C\C/C=C\C/C=C\C/C=C\C/C=C\C/C=C\CCCCCCCCC(=O)NC(COP(=O)(O)OCC[N+](C)(C)C)C(O)/C=C/CCC. The molecule has 3 atom stereocenters. The molecule has 0 spiro atoms. The highest BCUT2D eigenvalue weighted by Crippen LogP contribution is 2.43. The topological polar surface area (TPSA) is 105 Å². The van der Waals surface area contributed by atoms with Crippen molar-refractivity contribution in [2.45, 2.75) is 142 Å². The van der Waals surface area contributed by atoms with Crippen LogP contribution in [0.1, 0.15) is 129 Å². The smallest absolute Gasteiger partial charge is 0.387 e. The predicted molar refractivity (Wildman–Crippen MR) is 239 cm³/mol. The molecule has 0 rings (SSSR count). The molecule has 0 saturated carbocycles. The van der Waals surface area contributed by atoms with Crippen molar-refractivity contribution in [3.63, 3.8) is 0 Å². The molecule has 0 aromatic rings. The van der Waals surface area contributed by atoms with Crippen LogP contribution in [0.25, 0.3) is 0 Å². The first-order valence-corrected chi connectivity index (χ1v) is 22.8. The molecule has 0 aliphatic rings. The number of unbranched alkanes of at least 4 members (excludes halogenated alkanes) is 7. The van der Waals surface area contributed by atoms with Crippen LogP contribution >= 0.6 is 7.82 Å². The minimum absolute atomic E-state index is 0.0500. The number of amides is 1. The number of likely N-dealkylation sites (N-methyl/N-ethyl adjacent to an activating group) is 1. The molecule has 3 N–H and O–H groups in total. The number of carbonyl (C=O) groups is 1. The number of aliphatic hydroxyl groups excluding tert-OH is 1. The Bertz CT molecular complexity index is 1270. The Hall–Kier alpha value is -2.84. The van der Waals surface area contributed by atoms with Gasteiger partial charge in [0.1, 0.15) is 13.2 Å². The summed E-state index contributed by atoms with van der Waals surface area (Å²) in [6.07, 6.45) is 55.4. The number of hydrogen-bond acceptors (Lipinski definition) is 5. The lowest BCUT2D eigenvalue weighted by Crippen LogP contribution is -2.45. The van der Waals surface area contributed by atoms with Crippen LogP contribution in [-0.2, 0) is 18.4 Å². The van der Waals surface area contributed by atoms with Gasteiger partial charge in [0.05, 0.1) is 39.9 Å². The van der Waals surface area contributed by atoms with E-state index >= 15 is 0 Å². The summed E-state index contributed by atoms with van der Waals surface area (Å²) < 4.78 is 23.2. The standard InChI is InChI=1S/C47H79N2O6P/c1-6-8-10-11-12-13-14-15-16-17-18-19-20-21-22-23-24-25-26-27-28-29-30-31-32-33-34-35-36-37-39-41-47(51)48-45(46(50)40-38-9-7-2)44-55-56(52,53)54-43-42-49(3,4)5/h8,10,12-13,15-16,18-19,21-22,24-25,27-28,30-31,38,40,45-46,50H,6-7,9,11,14,17,20,23,26,29,32-37,39,41-44H2,1-5H3,(H-,48,51,52,53)/p+1/b10-8-,13-12-,16-15-,19-18-,22-21-,25-24-,28-27-,31-30-,40-38+. The Balaban J connectivity index is 4.02. The van der Waals surface area contributed by atoms with Gasteiger partial charge in [-0.25, -0.2) is 4.57 Å². The zero-order valence-electron chi connectivity index (χ0n) is 35.8. The average Bonchev–Trinajstić information content (AvgIpc) is 3.15. The van der Waals surface area contributed by atoms with Gasteiger partial charge in [-0.05, 0) is 77.0 Å². The van der Waals surface area contributed by atoms with Gasteiger partial charge in [0, 0.05) is 6.42 Å².